The van der Waals surface area contributed by atoms with Crippen LogP contribution in [0.25, 0.3) is 4.91 Å². The Bertz CT molecular complexity index is 539. The van der Waals surface area contributed by atoms with Crippen LogP contribution < -0.4 is 0 Å². The minimum Gasteiger partial charge on any atom is -0.481 e. The van der Waals surface area contributed by atoms with Gasteiger partial charge in [-0.2, -0.15) is 0 Å². The van der Waals surface area contributed by atoms with Gasteiger partial charge in [0.2, 0.25) is 0 Å². The molecule has 0 fully saturated rings. The molecule has 108 valence electrons. The smallest absolute Gasteiger partial charge is 0.317 e. The Hall–Kier alpha value is -1.31. The lowest BCUT2D eigenvalue weighted by atomic mass is 9.93. The maximum atomic E-state index is 11.4. The predicted molar refractivity (Wildman–Crippen MR) is 79.9 cm³/mol. The van der Waals surface area contributed by atoms with E-state index in [2.05, 4.69) is 0 Å². The summed E-state index contributed by atoms with van der Waals surface area (Å²) in [6.07, 6.45) is 1.86. The van der Waals surface area contributed by atoms with E-state index in [1.807, 2.05) is 23.6 Å². The van der Waals surface area contributed by atoms with Crippen molar-refractivity contribution in [3.63, 3.8) is 0 Å². The first-order chi connectivity index (χ1) is 9.41. The Morgan fingerprint density at radius 2 is 1.95 bits per heavy atom. The fourth-order valence-corrected chi connectivity index (χ4v) is 4.33. The number of hydrogen-bond donors (Lipinski definition) is 2. The highest BCUT2D eigenvalue weighted by Crippen LogP contribution is 2.43. The van der Waals surface area contributed by atoms with Gasteiger partial charge >= 0.3 is 11.9 Å². The lowest BCUT2D eigenvalue weighted by molar-refractivity contribution is -0.149. The van der Waals surface area contributed by atoms with Crippen LogP contribution in [0.5, 0.6) is 0 Å². The molecule has 0 spiro atoms. The van der Waals surface area contributed by atoms with Crippen molar-refractivity contribution in [1.82, 2.24) is 4.90 Å². The van der Waals surface area contributed by atoms with Crippen molar-refractivity contribution in [2.75, 3.05) is 14.1 Å². The largest absolute Gasteiger partial charge is 0.481 e. The maximum absolute atomic E-state index is 11.4. The topological polar surface area (TPSA) is 77.8 Å². The van der Waals surface area contributed by atoms with E-state index in [1.54, 1.807) is 19.0 Å². The van der Waals surface area contributed by atoms with Gasteiger partial charge in [0.25, 0.3) is 0 Å². The Labute approximate surface area is 124 Å². The van der Waals surface area contributed by atoms with Crippen molar-refractivity contribution in [2.24, 2.45) is 5.92 Å². The molecule has 20 heavy (non-hydrogen) atoms. The number of carboxylic acids is 2. The number of rotatable bonds is 4. The summed E-state index contributed by atoms with van der Waals surface area (Å²) in [5.41, 5.74) is 0. The molecule has 1 aromatic rings. The molecule has 1 aliphatic rings. The number of likely N-dealkylation sites (N-methyl/N-ethyl adjacent to an activating group) is 1. The third kappa shape index (κ3) is 2.89. The van der Waals surface area contributed by atoms with Crippen LogP contribution in [-0.2, 0) is 9.59 Å². The molecular weight excluding hydrogens is 298 g/mol. The lowest BCUT2D eigenvalue weighted by Crippen LogP contribution is -2.48. The number of thiophene rings is 1. The fourth-order valence-electron chi connectivity index (χ4n) is 2.20. The Balaban J connectivity index is 2.45. The van der Waals surface area contributed by atoms with Gasteiger partial charge in [0.1, 0.15) is 5.25 Å². The summed E-state index contributed by atoms with van der Waals surface area (Å²) in [6.45, 7) is 0. The average Bonchev–Trinajstić information content (AvgIpc) is 2.90. The Kier molecular flexibility index (Phi) is 4.52. The van der Waals surface area contributed by atoms with E-state index in [9.17, 15) is 19.8 Å². The van der Waals surface area contributed by atoms with E-state index in [4.69, 9.17) is 0 Å². The Morgan fingerprint density at radius 3 is 2.40 bits per heavy atom. The summed E-state index contributed by atoms with van der Waals surface area (Å²) in [5, 5.41) is 19.6. The number of nitrogens with zero attached hydrogens (tertiary/aromatic N) is 1. The van der Waals surface area contributed by atoms with E-state index in [0.29, 0.717) is 0 Å². The van der Waals surface area contributed by atoms with Gasteiger partial charge in [0, 0.05) is 15.8 Å². The first-order valence-corrected chi connectivity index (χ1v) is 7.72. The fraction of sp³-hybridized carbons (Fsp3) is 0.385. The van der Waals surface area contributed by atoms with Gasteiger partial charge in [0.05, 0.1) is 5.92 Å². The first kappa shape index (κ1) is 15.1. The van der Waals surface area contributed by atoms with Crippen molar-refractivity contribution >= 4 is 39.9 Å². The molecule has 0 saturated carbocycles. The molecule has 7 heteroatoms. The molecular formula is C13H15NO4S2. The van der Waals surface area contributed by atoms with Gasteiger partial charge < -0.3 is 15.1 Å². The van der Waals surface area contributed by atoms with Crippen LogP contribution in [0, 0.1) is 5.92 Å². The zero-order valence-electron chi connectivity index (χ0n) is 11.0. The van der Waals surface area contributed by atoms with Crippen LogP contribution in [0.4, 0.5) is 0 Å². The van der Waals surface area contributed by atoms with Gasteiger partial charge in [0.15, 0.2) is 0 Å². The summed E-state index contributed by atoms with van der Waals surface area (Å²) in [5.74, 6) is -3.13. The standard InChI is InChI=1S/C13H15NO4S2/c1-14(2)7-6-9(8-4-3-5-19-8)20-11(13(17)18)10(7)12(15)16/h3-7,10-11H,1-2H3,(H,15,16)(H,17,18)/t7-,10+,11+/m0/s1. The normalized spacial score (nSPS) is 26.4. The van der Waals surface area contributed by atoms with Gasteiger partial charge in [-0.1, -0.05) is 12.1 Å². The number of hydrogen-bond acceptors (Lipinski definition) is 5. The monoisotopic (exact) mass is 313 g/mol. The van der Waals surface area contributed by atoms with E-state index in [0.717, 1.165) is 21.5 Å². The van der Waals surface area contributed by atoms with Crippen LogP contribution in [0.2, 0.25) is 0 Å². The number of aliphatic carboxylic acids is 2. The minimum atomic E-state index is -1.09. The second-order valence-corrected chi connectivity index (χ2v) is 6.83. The lowest BCUT2D eigenvalue weighted by Gasteiger charge is -2.35. The quantitative estimate of drug-likeness (QED) is 0.884. The van der Waals surface area contributed by atoms with Crippen molar-refractivity contribution in [1.29, 1.82) is 0 Å². The molecule has 1 aromatic heterocycles. The highest BCUT2D eigenvalue weighted by atomic mass is 32.2. The predicted octanol–water partition coefficient (Wildman–Crippen LogP) is 1.92. The van der Waals surface area contributed by atoms with E-state index in [-0.39, 0.29) is 0 Å². The molecule has 2 rings (SSSR count). The molecule has 0 amide bonds. The molecule has 2 N–H and O–H groups in total. The van der Waals surface area contributed by atoms with Gasteiger partial charge in [-0.05, 0) is 25.5 Å². The van der Waals surface area contributed by atoms with Crippen LogP contribution in [0.1, 0.15) is 4.88 Å². The van der Waals surface area contributed by atoms with Crippen molar-refractivity contribution < 1.29 is 19.8 Å². The third-order valence-corrected chi connectivity index (χ3v) is 5.55. The summed E-state index contributed by atoms with van der Waals surface area (Å²) >= 11 is 2.64. The highest BCUT2D eigenvalue weighted by molar-refractivity contribution is 8.09. The van der Waals surface area contributed by atoms with Crippen LogP contribution in [-0.4, -0.2) is 52.4 Å². The molecule has 2 heterocycles. The molecule has 0 aromatic carbocycles. The van der Waals surface area contributed by atoms with Crippen LogP contribution >= 0.6 is 23.1 Å². The van der Waals surface area contributed by atoms with Crippen molar-refractivity contribution in [2.45, 2.75) is 11.3 Å². The summed E-state index contributed by atoms with van der Waals surface area (Å²) in [6, 6.07) is 3.37. The molecule has 0 aliphatic carbocycles. The molecule has 0 unspecified atom stereocenters. The van der Waals surface area contributed by atoms with E-state index < -0.39 is 29.1 Å². The zero-order valence-corrected chi connectivity index (χ0v) is 12.6. The first-order valence-electron chi connectivity index (χ1n) is 5.96. The number of carbonyl (C=O) groups is 2. The average molecular weight is 313 g/mol. The molecule has 3 atom stereocenters. The van der Waals surface area contributed by atoms with Crippen LogP contribution in [0.3, 0.4) is 0 Å². The van der Waals surface area contributed by atoms with Gasteiger partial charge in [-0.3, -0.25) is 9.59 Å². The molecule has 0 bridgehead atoms. The molecule has 0 radical (unpaired) electrons. The second-order valence-electron chi connectivity index (χ2n) is 4.70. The van der Waals surface area contributed by atoms with E-state index >= 15 is 0 Å². The van der Waals surface area contributed by atoms with E-state index in [1.165, 1.54) is 11.3 Å². The third-order valence-electron chi connectivity index (χ3n) is 3.16. The molecule has 5 nitrogen and oxygen atoms in total. The van der Waals surface area contributed by atoms with Gasteiger partial charge in [-0.25, -0.2) is 0 Å². The summed E-state index contributed by atoms with van der Waals surface area (Å²) in [7, 11) is 3.52. The van der Waals surface area contributed by atoms with Gasteiger partial charge in [-0.15, -0.1) is 23.1 Å². The number of thioether (sulfide) groups is 1. The van der Waals surface area contributed by atoms with Crippen LogP contribution in [0.15, 0.2) is 23.6 Å². The molecule has 1 aliphatic heterocycles. The molecule has 0 saturated heterocycles. The van der Waals surface area contributed by atoms with Crippen molar-refractivity contribution in [3.8, 4) is 0 Å². The Morgan fingerprint density at radius 1 is 1.25 bits per heavy atom. The highest BCUT2D eigenvalue weighted by Gasteiger charge is 2.44. The summed E-state index contributed by atoms with van der Waals surface area (Å²) < 4.78 is 0. The maximum Gasteiger partial charge on any atom is 0.317 e. The number of carboxylic acid groups (broad SMARTS) is 2. The van der Waals surface area contributed by atoms with Crippen molar-refractivity contribution in [3.05, 3.63) is 28.5 Å². The summed E-state index contributed by atoms with van der Waals surface area (Å²) in [4.78, 5) is 26.4. The minimum absolute atomic E-state index is 0.438. The SMILES string of the molecule is CN(C)[C@H]1C=C(c2cccs2)S[C@@H](C(=O)O)[C@@H]1C(=O)O. The second kappa shape index (κ2) is 5.99. The zero-order chi connectivity index (χ0) is 14.9.